The maximum absolute atomic E-state index is 6.83. The third-order valence-corrected chi connectivity index (χ3v) is 2.96. The van der Waals surface area contributed by atoms with Crippen molar-refractivity contribution in [3.8, 4) is 0 Å². The minimum absolute atomic E-state index is 0.0187. The lowest BCUT2D eigenvalue weighted by Gasteiger charge is -2.04. The molecule has 1 aromatic heterocycles. The van der Waals surface area contributed by atoms with Crippen LogP contribution >= 0.6 is 11.6 Å². The molecule has 1 unspecified atom stereocenters. The molecule has 4 nitrogen and oxygen atoms in total. The SMILES string of the molecule is C=CCC(C=NC(Cl)=NC=N)c1cc2ccccc2o1. The first-order valence-electron chi connectivity index (χ1n) is 6.10. The van der Waals surface area contributed by atoms with Gasteiger partial charge >= 0.3 is 0 Å². The Labute approximate surface area is 122 Å². The highest BCUT2D eigenvalue weighted by Crippen LogP contribution is 2.26. The van der Waals surface area contributed by atoms with Crippen molar-refractivity contribution >= 4 is 40.4 Å². The maximum atomic E-state index is 6.83. The minimum Gasteiger partial charge on any atom is -0.460 e. The van der Waals surface area contributed by atoms with Gasteiger partial charge in [0.2, 0.25) is 5.29 Å². The highest BCUT2D eigenvalue weighted by Gasteiger charge is 2.13. The van der Waals surface area contributed by atoms with Crippen molar-refractivity contribution < 1.29 is 4.42 Å². The number of hydrogen-bond acceptors (Lipinski definition) is 2. The Morgan fingerprint density at radius 3 is 2.95 bits per heavy atom. The molecule has 0 bridgehead atoms. The molecule has 1 atom stereocenters. The summed E-state index contributed by atoms with van der Waals surface area (Å²) >= 11 is 5.74. The third kappa shape index (κ3) is 3.42. The average Bonchev–Trinajstić information content (AvgIpc) is 2.87. The number of nitrogens with one attached hydrogen (secondary N) is 1. The Morgan fingerprint density at radius 2 is 2.25 bits per heavy atom. The van der Waals surface area contributed by atoms with E-state index in [-0.39, 0.29) is 11.2 Å². The molecule has 1 N–H and O–H groups in total. The van der Waals surface area contributed by atoms with Crippen molar-refractivity contribution in [3.63, 3.8) is 0 Å². The minimum atomic E-state index is -0.0606. The van der Waals surface area contributed by atoms with Gasteiger partial charge in [-0.3, -0.25) is 5.41 Å². The topological polar surface area (TPSA) is 61.7 Å². The molecule has 5 heteroatoms. The van der Waals surface area contributed by atoms with Gasteiger partial charge in [-0.1, -0.05) is 24.3 Å². The van der Waals surface area contributed by atoms with Crippen LogP contribution in [0.5, 0.6) is 0 Å². The number of fused-ring (bicyclic) bond motifs is 1. The zero-order valence-electron chi connectivity index (χ0n) is 10.8. The van der Waals surface area contributed by atoms with Gasteiger partial charge in [0.15, 0.2) is 0 Å². The summed E-state index contributed by atoms with van der Waals surface area (Å²) in [5, 5.41) is 7.90. The zero-order chi connectivity index (χ0) is 14.4. The Kier molecular flexibility index (Phi) is 4.85. The largest absolute Gasteiger partial charge is 0.460 e. The number of amidine groups is 1. The van der Waals surface area contributed by atoms with Crippen molar-refractivity contribution in [2.24, 2.45) is 9.98 Å². The first kappa shape index (κ1) is 14.2. The number of benzene rings is 1. The number of nitrogens with zero attached hydrogens (tertiary/aromatic N) is 2. The summed E-state index contributed by atoms with van der Waals surface area (Å²) in [7, 11) is 0. The van der Waals surface area contributed by atoms with E-state index in [9.17, 15) is 0 Å². The van der Waals surface area contributed by atoms with Gasteiger partial charge in [0.1, 0.15) is 17.7 Å². The van der Waals surface area contributed by atoms with Gasteiger partial charge < -0.3 is 4.42 Å². The number of para-hydroxylation sites is 1. The molecule has 0 fully saturated rings. The van der Waals surface area contributed by atoms with Crippen LogP contribution in [0.4, 0.5) is 0 Å². The van der Waals surface area contributed by atoms with E-state index in [0.29, 0.717) is 6.42 Å². The Balaban J connectivity index is 2.30. The molecule has 0 spiro atoms. The molecule has 1 heterocycles. The van der Waals surface area contributed by atoms with Crippen molar-refractivity contribution in [2.45, 2.75) is 12.3 Å². The first-order valence-corrected chi connectivity index (χ1v) is 6.48. The van der Waals surface area contributed by atoms with Crippen LogP contribution in [-0.2, 0) is 0 Å². The fourth-order valence-corrected chi connectivity index (χ4v) is 1.96. The van der Waals surface area contributed by atoms with E-state index in [1.54, 1.807) is 12.3 Å². The van der Waals surface area contributed by atoms with Crippen LogP contribution in [0.3, 0.4) is 0 Å². The van der Waals surface area contributed by atoms with Gasteiger partial charge in [-0.05, 0) is 30.2 Å². The van der Waals surface area contributed by atoms with Crippen LogP contribution in [0, 0.1) is 5.41 Å². The molecule has 0 radical (unpaired) electrons. The molecule has 1 aromatic carbocycles. The van der Waals surface area contributed by atoms with Crippen LogP contribution in [0.2, 0.25) is 0 Å². The molecular weight excluding hydrogens is 274 g/mol. The second-order valence-electron chi connectivity index (χ2n) is 4.12. The molecule has 0 aliphatic heterocycles. The fraction of sp³-hybridized carbons (Fsp3) is 0.133. The standard InChI is InChI=1S/C15H14ClN3O/c1-2-5-12(9-18-15(16)19-10-17)14-8-11-6-3-4-7-13(11)20-14/h2-4,6-10,12,17H,1,5H2. The number of rotatable bonds is 5. The van der Waals surface area contributed by atoms with Crippen LogP contribution in [-0.4, -0.2) is 17.8 Å². The Hall–Kier alpha value is -2.20. The predicted molar refractivity (Wildman–Crippen MR) is 84.3 cm³/mol. The summed E-state index contributed by atoms with van der Waals surface area (Å²) in [6.07, 6.45) is 4.99. The highest BCUT2D eigenvalue weighted by molar-refractivity contribution is 6.66. The van der Waals surface area contributed by atoms with E-state index in [1.807, 2.05) is 30.3 Å². The fourth-order valence-electron chi connectivity index (χ4n) is 1.85. The molecule has 0 amide bonds. The molecule has 102 valence electrons. The third-order valence-electron chi connectivity index (χ3n) is 2.76. The number of hydrogen-bond donors (Lipinski definition) is 1. The van der Waals surface area contributed by atoms with Crippen molar-refractivity contribution in [2.75, 3.05) is 0 Å². The van der Waals surface area contributed by atoms with Crippen molar-refractivity contribution in [3.05, 3.63) is 48.7 Å². The lowest BCUT2D eigenvalue weighted by molar-refractivity contribution is 0.538. The van der Waals surface area contributed by atoms with Crippen LogP contribution in [0.1, 0.15) is 18.1 Å². The number of furan rings is 1. The second-order valence-corrected chi connectivity index (χ2v) is 4.46. The van der Waals surface area contributed by atoms with Gasteiger partial charge in [0.05, 0.1) is 5.92 Å². The second kappa shape index (κ2) is 6.82. The number of aliphatic imine (C=N–C) groups is 2. The van der Waals surface area contributed by atoms with Crippen molar-refractivity contribution in [1.29, 1.82) is 5.41 Å². The molecule has 2 rings (SSSR count). The van der Waals surface area contributed by atoms with Crippen LogP contribution in [0.25, 0.3) is 11.0 Å². The van der Waals surface area contributed by atoms with Gasteiger partial charge in [-0.2, -0.15) is 0 Å². The zero-order valence-corrected chi connectivity index (χ0v) is 11.5. The summed E-state index contributed by atoms with van der Waals surface area (Å²) in [6, 6.07) is 9.79. The normalized spacial score (nSPS) is 13.8. The van der Waals surface area contributed by atoms with E-state index in [0.717, 1.165) is 23.1 Å². The molecule has 0 saturated carbocycles. The van der Waals surface area contributed by atoms with E-state index in [1.165, 1.54) is 0 Å². The summed E-state index contributed by atoms with van der Waals surface area (Å²) in [5.74, 6) is 0.740. The quantitative estimate of drug-likeness (QED) is 0.377. The molecule has 0 aliphatic rings. The number of halogens is 1. The molecule has 2 aromatic rings. The van der Waals surface area contributed by atoms with Gasteiger partial charge in [-0.15, -0.1) is 6.58 Å². The molecule has 0 saturated heterocycles. The number of allylic oxidation sites excluding steroid dienone is 1. The summed E-state index contributed by atoms with van der Waals surface area (Å²) < 4.78 is 5.81. The lowest BCUT2D eigenvalue weighted by Crippen LogP contribution is -1.99. The first-order chi connectivity index (χ1) is 9.74. The van der Waals surface area contributed by atoms with E-state index < -0.39 is 0 Å². The monoisotopic (exact) mass is 287 g/mol. The smallest absolute Gasteiger partial charge is 0.223 e. The molecular formula is C15H14ClN3O. The molecule has 0 aliphatic carbocycles. The summed E-state index contributed by atoms with van der Waals surface area (Å²) in [4.78, 5) is 7.57. The van der Waals surface area contributed by atoms with Gasteiger partial charge in [-0.25, -0.2) is 9.98 Å². The maximum Gasteiger partial charge on any atom is 0.223 e. The van der Waals surface area contributed by atoms with E-state index >= 15 is 0 Å². The van der Waals surface area contributed by atoms with E-state index in [4.69, 9.17) is 21.4 Å². The van der Waals surface area contributed by atoms with Crippen LogP contribution < -0.4 is 0 Å². The lowest BCUT2D eigenvalue weighted by atomic mass is 10.0. The van der Waals surface area contributed by atoms with Gasteiger partial charge in [0.25, 0.3) is 0 Å². The highest BCUT2D eigenvalue weighted by atomic mass is 35.5. The summed E-state index contributed by atoms with van der Waals surface area (Å²) in [6.45, 7) is 3.74. The van der Waals surface area contributed by atoms with Crippen LogP contribution in [0.15, 0.2) is 57.4 Å². The van der Waals surface area contributed by atoms with Gasteiger partial charge in [0, 0.05) is 11.6 Å². The van der Waals surface area contributed by atoms with E-state index in [2.05, 4.69) is 16.6 Å². The summed E-state index contributed by atoms with van der Waals surface area (Å²) in [5.41, 5.74) is 0.837. The van der Waals surface area contributed by atoms with Crippen molar-refractivity contribution in [1.82, 2.24) is 0 Å². The predicted octanol–water partition coefficient (Wildman–Crippen LogP) is 4.37. The Morgan fingerprint density at radius 1 is 1.45 bits per heavy atom. The molecule has 20 heavy (non-hydrogen) atoms. The Bertz CT molecular complexity index is 640. The average molecular weight is 288 g/mol.